The molecule has 0 saturated carbocycles. The lowest BCUT2D eigenvalue weighted by molar-refractivity contribution is -0.153. The predicted molar refractivity (Wildman–Crippen MR) is 46.0 cm³/mol. The molecule has 84 valence electrons. The molecule has 1 amide bonds. The van der Waals surface area contributed by atoms with Crippen LogP contribution in [0.25, 0.3) is 0 Å². The number of hydrogen-bond donors (Lipinski definition) is 2. The highest BCUT2D eigenvalue weighted by atomic mass is 19.4. The number of halogens is 3. The molecule has 2 N–H and O–H groups in total. The van der Waals surface area contributed by atoms with Crippen molar-refractivity contribution in [1.82, 2.24) is 15.3 Å². The maximum Gasteiger partial charge on any atom is 0.397 e. The van der Waals surface area contributed by atoms with Crippen molar-refractivity contribution in [3.63, 3.8) is 0 Å². The van der Waals surface area contributed by atoms with Crippen LogP contribution in [0.1, 0.15) is 12.1 Å². The smallest absolute Gasteiger partial charge is 0.355 e. The summed E-state index contributed by atoms with van der Waals surface area (Å²) in [4.78, 5) is 17.2. The first-order valence-electron chi connectivity index (χ1n) is 4.28. The normalized spacial score (nSPS) is 11.4. The average molecular weight is 221 g/mol. The zero-order valence-corrected chi connectivity index (χ0v) is 7.77. The quantitative estimate of drug-likeness (QED) is 0.797. The maximum atomic E-state index is 11.7. The Morgan fingerprint density at radius 3 is 2.80 bits per heavy atom. The van der Waals surface area contributed by atoms with E-state index in [1.807, 2.05) is 0 Å². The zero-order chi connectivity index (χ0) is 11.3. The number of amides is 1. The minimum Gasteiger partial charge on any atom is -0.355 e. The predicted octanol–water partition coefficient (Wildman–Crippen LogP) is 1.02. The van der Waals surface area contributed by atoms with Crippen LogP contribution < -0.4 is 5.32 Å². The van der Waals surface area contributed by atoms with Crippen molar-refractivity contribution in [3.05, 3.63) is 18.2 Å². The van der Waals surface area contributed by atoms with Gasteiger partial charge in [0.15, 0.2) is 0 Å². The van der Waals surface area contributed by atoms with Crippen molar-refractivity contribution in [2.75, 3.05) is 6.54 Å². The number of aromatic amines is 1. The van der Waals surface area contributed by atoms with Crippen LogP contribution >= 0.6 is 0 Å². The first-order valence-corrected chi connectivity index (χ1v) is 4.28. The first kappa shape index (κ1) is 11.5. The summed E-state index contributed by atoms with van der Waals surface area (Å²) >= 11 is 0. The standard InChI is InChI=1S/C8H10F3N3O/c9-8(10,11)3-7(15)13-2-1-6-4-12-5-14-6/h4-5H,1-3H2,(H,12,14)(H,13,15). The van der Waals surface area contributed by atoms with Crippen LogP contribution in [-0.4, -0.2) is 28.6 Å². The third-order valence-electron chi connectivity index (χ3n) is 1.63. The van der Waals surface area contributed by atoms with E-state index in [9.17, 15) is 18.0 Å². The molecule has 0 aliphatic rings. The van der Waals surface area contributed by atoms with Gasteiger partial charge in [-0.3, -0.25) is 4.79 Å². The number of H-pyrrole nitrogens is 1. The molecule has 0 radical (unpaired) electrons. The third kappa shape index (κ3) is 5.04. The molecule has 7 heteroatoms. The van der Waals surface area contributed by atoms with E-state index in [4.69, 9.17) is 0 Å². The second-order valence-corrected chi connectivity index (χ2v) is 2.97. The molecule has 0 aromatic carbocycles. The molecule has 0 fully saturated rings. The Labute approximate surface area is 83.9 Å². The largest absolute Gasteiger partial charge is 0.397 e. The van der Waals surface area contributed by atoms with Gasteiger partial charge in [-0.05, 0) is 0 Å². The summed E-state index contributed by atoms with van der Waals surface area (Å²) in [5.74, 6) is -1.01. The zero-order valence-electron chi connectivity index (χ0n) is 7.77. The van der Waals surface area contributed by atoms with Gasteiger partial charge in [-0.15, -0.1) is 0 Å². The van der Waals surface area contributed by atoms with Gasteiger partial charge in [0.05, 0.1) is 6.33 Å². The molecule has 0 bridgehead atoms. The van der Waals surface area contributed by atoms with E-state index in [2.05, 4.69) is 15.3 Å². The topological polar surface area (TPSA) is 57.8 Å². The number of rotatable bonds is 4. The molecule has 1 aromatic rings. The van der Waals surface area contributed by atoms with Crippen LogP contribution in [0.15, 0.2) is 12.5 Å². The van der Waals surface area contributed by atoms with Gasteiger partial charge in [0.1, 0.15) is 6.42 Å². The summed E-state index contributed by atoms with van der Waals surface area (Å²) in [6, 6.07) is 0. The van der Waals surface area contributed by atoms with Crippen LogP contribution in [0, 0.1) is 0 Å². The van der Waals surface area contributed by atoms with E-state index in [0.29, 0.717) is 6.42 Å². The van der Waals surface area contributed by atoms with Crippen LogP contribution in [-0.2, 0) is 11.2 Å². The fourth-order valence-electron chi connectivity index (χ4n) is 1.00. The Kier molecular flexibility index (Phi) is 3.70. The summed E-state index contributed by atoms with van der Waals surface area (Å²) < 4.78 is 35.2. The van der Waals surface area contributed by atoms with Crippen molar-refractivity contribution in [2.24, 2.45) is 0 Å². The van der Waals surface area contributed by atoms with E-state index < -0.39 is 18.5 Å². The number of carbonyl (C=O) groups excluding carboxylic acids is 1. The minimum absolute atomic E-state index is 0.164. The summed E-state index contributed by atoms with van der Waals surface area (Å²) in [7, 11) is 0. The number of aromatic nitrogens is 2. The summed E-state index contributed by atoms with van der Waals surface area (Å²) in [6.07, 6.45) is -2.43. The molecule has 0 spiro atoms. The lowest BCUT2D eigenvalue weighted by atomic mass is 10.3. The molecule has 0 saturated heterocycles. The van der Waals surface area contributed by atoms with Gasteiger partial charge in [-0.1, -0.05) is 0 Å². The molecule has 1 rings (SSSR count). The van der Waals surface area contributed by atoms with Gasteiger partial charge in [-0.2, -0.15) is 13.2 Å². The lowest BCUT2D eigenvalue weighted by Gasteiger charge is -2.06. The molecule has 0 aliphatic heterocycles. The second kappa shape index (κ2) is 4.81. The Morgan fingerprint density at radius 2 is 2.27 bits per heavy atom. The van der Waals surface area contributed by atoms with Crippen molar-refractivity contribution < 1.29 is 18.0 Å². The molecule has 4 nitrogen and oxygen atoms in total. The van der Waals surface area contributed by atoms with Gasteiger partial charge < -0.3 is 10.3 Å². The van der Waals surface area contributed by atoms with Gasteiger partial charge in [0.2, 0.25) is 5.91 Å². The maximum absolute atomic E-state index is 11.7. The molecular weight excluding hydrogens is 211 g/mol. The lowest BCUT2D eigenvalue weighted by Crippen LogP contribution is -2.30. The summed E-state index contributed by atoms with van der Waals surface area (Å²) in [6.45, 7) is 0.164. The number of imidazole rings is 1. The summed E-state index contributed by atoms with van der Waals surface area (Å²) in [5, 5.41) is 2.17. The molecule has 0 atom stereocenters. The monoisotopic (exact) mass is 221 g/mol. The van der Waals surface area contributed by atoms with Crippen molar-refractivity contribution in [2.45, 2.75) is 19.0 Å². The number of nitrogens with zero attached hydrogens (tertiary/aromatic N) is 1. The summed E-state index contributed by atoms with van der Waals surface area (Å²) in [5.41, 5.74) is 0.766. The molecular formula is C8H10F3N3O. The van der Waals surface area contributed by atoms with E-state index in [1.54, 1.807) is 6.20 Å². The van der Waals surface area contributed by atoms with Crippen LogP contribution in [0.4, 0.5) is 13.2 Å². The first-order chi connectivity index (χ1) is 6.97. The molecule has 15 heavy (non-hydrogen) atoms. The van der Waals surface area contributed by atoms with Crippen LogP contribution in [0.3, 0.4) is 0 Å². The van der Waals surface area contributed by atoms with Crippen molar-refractivity contribution >= 4 is 5.91 Å². The molecule has 0 aliphatic carbocycles. The van der Waals surface area contributed by atoms with E-state index in [-0.39, 0.29) is 6.54 Å². The van der Waals surface area contributed by atoms with E-state index in [0.717, 1.165) is 5.69 Å². The highest BCUT2D eigenvalue weighted by Gasteiger charge is 2.30. The number of alkyl halides is 3. The Bertz CT molecular complexity index is 307. The highest BCUT2D eigenvalue weighted by Crippen LogP contribution is 2.18. The van der Waals surface area contributed by atoms with Crippen LogP contribution in [0.2, 0.25) is 0 Å². The average Bonchev–Trinajstić information content (AvgIpc) is 2.53. The Balaban J connectivity index is 2.18. The van der Waals surface area contributed by atoms with Gasteiger partial charge in [0, 0.05) is 24.9 Å². The minimum atomic E-state index is -4.45. The number of carbonyl (C=O) groups is 1. The highest BCUT2D eigenvalue weighted by molar-refractivity contribution is 5.76. The van der Waals surface area contributed by atoms with Crippen molar-refractivity contribution in [3.8, 4) is 0 Å². The van der Waals surface area contributed by atoms with Gasteiger partial charge in [-0.25, -0.2) is 4.98 Å². The van der Waals surface area contributed by atoms with Gasteiger partial charge in [0.25, 0.3) is 0 Å². The van der Waals surface area contributed by atoms with Crippen LogP contribution in [0.5, 0.6) is 0 Å². The number of hydrogen-bond acceptors (Lipinski definition) is 2. The number of nitrogens with one attached hydrogen (secondary N) is 2. The third-order valence-corrected chi connectivity index (χ3v) is 1.63. The fraction of sp³-hybridized carbons (Fsp3) is 0.500. The molecule has 1 heterocycles. The van der Waals surface area contributed by atoms with Gasteiger partial charge >= 0.3 is 6.18 Å². The molecule has 1 aromatic heterocycles. The second-order valence-electron chi connectivity index (χ2n) is 2.97. The molecule has 0 unspecified atom stereocenters. The van der Waals surface area contributed by atoms with E-state index in [1.165, 1.54) is 6.33 Å². The van der Waals surface area contributed by atoms with Crippen molar-refractivity contribution in [1.29, 1.82) is 0 Å². The SMILES string of the molecule is O=C(CC(F)(F)F)NCCc1cnc[nH]1. The Morgan fingerprint density at radius 1 is 1.53 bits per heavy atom. The van der Waals surface area contributed by atoms with E-state index >= 15 is 0 Å². The Hall–Kier alpha value is -1.53. The fourth-order valence-corrected chi connectivity index (χ4v) is 1.00.